The summed E-state index contributed by atoms with van der Waals surface area (Å²) in [5.74, 6) is 0. The lowest BCUT2D eigenvalue weighted by atomic mass is 9.98. The van der Waals surface area contributed by atoms with E-state index in [4.69, 9.17) is 0 Å². The molecule has 0 saturated heterocycles. The molecule has 1 aromatic heterocycles. The highest BCUT2D eigenvalue weighted by Gasteiger charge is 2.17. The monoisotopic (exact) mass is 692 g/mol. The summed E-state index contributed by atoms with van der Waals surface area (Å²) in [5.41, 5.74) is 10.1. The molecule has 10 rings (SSSR count). The van der Waals surface area contributed by atoms with E-state index >= 15 is 0 Å². The Morgan fingerprint density at radius 3 is 1.50 bits per heavy atom. The summed E-state index contributed by atoms with van der Waals surface area (Å²) in [7, 11) is 0. The third-order valence-electron chi connectivity index (χ3n) is 10.3. The van der Waals surface area contributed by atoms with Crippen molar-refractivity contribution in [2.75, 3.05) is 4.90 Å². The molecule has 1 heterocycles. The third kappa shape index (κ3) is 5.53. The van der Waals surface area contributed by atoms with Gasteiger partial charge in [-0.15, -0.1) is 0 Å². The standard InChI is InChI=1S/C52H36N2/c1-2-13-37(14-3-1)38-25-31-42(32-26-38)53(43-33-27-40(28-34-43)46-21-12-16-39-15-4-5-17-45(39)46)44-35-29-41(30-36-44)47-18-6-9-22-50(47)54-51-23-10-7-19-48(51)49-20-8-11-24-52(49)54/h1-36H/i25D,26D,31D,32D. The number of benzene rings is 9. The van der Waals surface area contributed by atoms with Gasteiger partial charge in [-0.3, -0.25) is 0 Å². The Bertz CT molecular complexity index is 3070. The lowest BCUT2D eigenvalue weighted by molar-refractivity contribution is 1.18. The topological polar surface area (TPSA) is 8.17 Å². The van der Waals surface area contributed by atoms with Crippen molar-refractivity contribution in [3.63, 3.8) is 0 Å². The molecule has 0 aliphatic heterocycles. The minimum Gasteiger partial charge on any atom is -0.311 e. The van der Waals surface area contributed by atoms with Gasteiger partial charge in [-0.25, -0.2) is 0 Å². The summed E-state index contributed by atoms with van der Waals surface area (Å²) < 4.78 is 39.5. The van der Waals surface area contributed by atoms with Crippen LogP contribution in [0.15, 0.2) is 218 Å². The molecule has 2 nitrogen and oxygen atoms in total. The molecule has 0 unspecified atom stereocenters. The second-order valence-corrected chi connectivity index (χ2v) is 13.4. The summed E-state index contributed by atoms with van der Waals surface area (Å²) in [4.78, 5) is 1.85. The second kappa shape index (κ2) is 13.4. The normalized spacial score (nSPS) is 12.4. The number of fused-ring (bicyclic) bond motifs is 4. The van der Waals surface area contributed by atoms with Crippen LogP contribution in [0.4, 0.5) is 17.1 Å². The number of para-hydroxylation sites is 3. The Kier molecular flexibility index (Phi) is 6.84. The van der Waals surface area contributed by atoms with Crippen LogP contribution in [0.5, 0.6) is 0 Å². The van der Waals surface area contributed by atoms with Crippen LogP contribution >= 0.6 is 0 Å². The molecule has 0 bridgehead atoms. The minimum atomic E-state index is -0.112. The van der Waals surface area contributed by atoms with Gasteiger partial charge in [0.2, 0.25) is 0 Å². The predicted molar refractivity (Wildman–Crippen MR) is 229 cm³/mol. The number of rotatable bonds is 7. The van der Waals surface area contributed by atoms with E-state index in [9.17, 15) is 5.48 Å². The maximum atomic E-state index is 9.40. The summed E-state index contributed by atoms with van der Waals surface area (Å²) in [5, 5.41) is 4.71. The Labute approximate surface area is 321 Å². The fourth-order valence-corrected chi connectivity index (χ4v) is 7.73. The van der Waals surface area contributed by atoms with Gasteiger partial charge in [0.05, 0.1) is 22.2 Å². The van der Waals surface area contributed by atoms with Crippen molar-refractivity contribution in [3.8, 4) is 39.1 Å². The minimum absolute atomic E-state index is 0.0868. The van der Waals surface area contributed by atoms with Gasteiger partial charge in [-0.05, 0) is 93.1 Å². The third-order valence-corrected chi connectivity index (χ3v) is 10.3. The highest BCUT2D eigenvalue weighted by molar-refractivity contribution is 6.09. The fraction of sp³-hybridized carbons (Fsp3) is 0. The summed E-state index contributed by atoms with van der Waals surface area (Å²) >= 11 is 0. The Balaban J connectivity index is 1.12. The van der Waals surface area contributed by atoms with Gasteiger partial charge in [0.1, 0.15) is 0 Å². The van der Waals surface area contributed by atoms with Crippen LogP contribution in [0.3, 0.4) is 0 Å². The summed E-state index contributed by atoms with van der Waals surface area (Å²) in [6.45, 7) is 0. The number of hydrogen-bond acceptors (Lipinski definition) is 1. The van der Waals surface area contributed by atoms with Crippen LogP contribution in [-0.2, 0) is 0 Å². The molecule has 0 aliphatic carbocycles. The molecule has 0 amide bonds. The zero-order valence-electron chi connectivity index (χ0n) is 33.4. The van der Waals surface area contributed by atoms with Gasteiger partial charge in [0, 0.05) is 33.4 Å². The van der Waals surface area contributed by atoms with Crippen LogP contribution in [0.25, 0.3) is 71.6 Å². The van der Waals surface area contributed by atoms with E-state index in [1.807, 2.05) is 65.6 Å². The molecule has 0 fully saturated rings. The molecule has 9 aromatic carbocycles. The highest BCUT2D eigenvalue weighted by Crippen LogP contribution is 2.40. The Morgan fingerprint density at radius 2 is 0.833 bits per heavy atom. The van der Waals surface area contributed by atoms with Gasteiger partial charge in [-0.2, -0.15) is 0 Å². The molecule has 254 valence electrons. The quantitative estimate of drug-likeness (QED) is 0.161. The molecular weight excluding hydrogens is 653 g/mol. The van der Waals surface area contributed by atoms with Crippen LogP contribution in [-0.4, -0.2) is 4.57 Å². The molecular formula is C52H36N2. The predicted octanol–water partition coefficient (Wildman–Crippen LogP) is 14.4. The Hall–Kier alpha value is -7.16. The lowest BCUT2D eigenvalue weighted by Crippen LogP contribution is -2.09. The zero-order valence-corrected chi connectivity index (χ0v) is 29.4. The van der Waals surface area contributed by atoms with E-state index in [0.717, 1.165) is 55.4 Å². The van der Waals surface area contributed by atoms with E-state index in [0.29, 0.717) is 11.3 Å². The van der Waals surface area contributed by atoms with Crippen LogP contribution in [0.1, 0.15) is 5.48 Å². The molecule has 0 N–H and O–H groups in total. The Morgan fingerprint density at radius 1 is 0.333 bits per heavy atom. The molecule has 0 atom stereocenters. The van der Waals surface area contributed by atoms with E-state index < -0.39 is 0 Å². The SMILES string of the molecule is [2H]c1c([2H])c(N(c2ccc(-c3ccccc3-n3c4ccccc4c4ccccc43)cc2)c2ccc(-c3cccc4ccccc34)cc2)c([2H])c([2H])c1-c1ccccc1. The van der Waals surface area contributed by atoms with Crippen molar-refractivity contribution in [2.45, 2.75) is 0 Å². The van der Waals surface area contributed by atoms with E-state index in [1.54, 1.807) is 0 Å². The summed E-state index contributed by atoms with van der Waals surface area (Å²) in [6.07, 6.45) is 0. The molecule has 2 heteroatoms. The average molecular weight is 693 g/mol. The molecule has 54 heavy (non-hydrogen) atoms. The van der Waals surface area contributed by atoms with Crippen molar-refractivity contribution in [3.05, 3.63) is 218 Å². The van der Waals surface area contributed by atoms with Crippen molar-refractivity contribution < 1.29 is 5.48 Å². The van der Waals surface area contributed by atoms with Gasteiger partial charge >= 0.3 is 0 Å². The molecule has 0 saturated carbocycles. The van der Waals surface area contributed by atoms with E-state index in [-0.39, 0.29) is 35.4 Å². The van der Waals surface area contributed by atoms with Gasteiger partial charge in [0.15, 0.2) is 0 Å². The van der Waals surface area contributed by atoms with Crippen LogP contribution in [0.2, 0.25) is 0 Å². The van der Waals surface area contributed by atoms with E-state index in [1.165, 1.54) is 10.8 Å². The number of nitrogens with zero attached hydrogens (tertiary/aromatic N) is 2. The van der Waals surface area contributed by atoms with Crippen LogP contribution < -0.4 is 4.90 Å². The summed E-state index contributed by atoms with van der Waals surface area (Å²) in [6, 6.07) is 65.2. The van der Waals surface area contributed by atoms with Crippen LogP contribution in [0, 0.1) is 0 Å². The molecule has 0 radical (unpaired) electrons. The van der Waals surface area contributed by atoms with Gasteiger partial charge < -0.3 is 9.47 Å². The second-order valence-electron chi connectivity index (χ2n) is 13.4. The first-order valence-electron chi connectivity index (χ1n) is 20.2. The molecule has 0 aliphatic rings. The van der Waals surface area contributed by atoms with Crippen molar-refractivity contribution in [2.24, 2.45) is 0 Å². The van der Waals surface area contributed by atoms with Gasteiger partial charge in [-0.1, -0.05) is 164 Å². The molecule has 10 aromatic rings. The zero-order chi connectivity index (χ0) is 39.3. The van der Waals surface area contributed by atoms with Crippen molar-refractivity contribution >= 4 is 49.6 Å². The maximum absolute atomic E-state index is 9.40. The number of aromatic nitrogens is 1. The highest BCUT2D eigenvalue weighted by atomic mass is 15.1. The van der Waals surface area contributed by atoms with Crippen molar-refractivity contribution in [1.29, 1.82) is 0 Å². The van der Waals surface area contributed by atoms with Gasteiger partial charge in [0.25, 0.3) is 0 Å². The number of hydrogen-bond donors (Lipinski definition) is 0. The average Bonchev–Trinajstić information content (AvgIpc) is 3.62. The first-order valence-corrected chi connectivity index (χ1v) is 18.2. The first-order chi connectivity index (χ1) is 28.5. The lowest BCUT2D eigenvalue weighted by Gasteiger charge is -2.26. The molecule has 0 spiro atoms. The number of anilines is 3. The largest absolute Gasteiger partial charge is 0.311 e. The first kappa shape index (κ1) is 27.5. The maximum Gasteiger partial charge on any atom is 0.0645 e. The smallest absolute Gasteiger partial charge is 0.0645 e. The fourth-order valence-electron chi connectivity index (χ4n) is 7.73. The van der Waals surface area contributed by atoms with E-state index in [2.05, 4.69) is 138 Å². The van der Waals surface area contributed by atoms with Crippen molar-refractivity contribution in [1.82, 2.24) is 4.57 Å².